The van der Waals surface area contributed by atoms with Crippen molar-refractivity contribution in [2.45, 2.75) is 27.2 Å². The zero-order valence-electron chi connectivity index (χ0n) is 9.54. The molecule has 0 rings (SSSR count). The summed E-state index contributed by atoms with van der Waals surface area (Å²) in [6.45, 7) is 5.76. The molecule has 88 valence electrons. The minimum Gasteiger partial charge on any atom is -0.481 e. The lowest BCUT2D eigenvalue weighted by molar-refractivity contribution is -0.141. The summed E-state index contributed by atoms with van der Waals surface area (Å²) in [5.41, 5.74) is 4.84. The van der Waals surface area contributed by atoms with Crippen molar-refractivity contribution in [3.63, 3.8) is 0 Å². The number of carboxylic acid groups (broad SMARTS) is 1. The Bertz CT molecular complexity index is 239. The molecule has 1 amide bonds. The molecule has 0 fully saturated rings. The van der Waals surface area contributed by atoms with E-state index in [0.717, 1.165) is 0 Å². The molecule has 5 nitrogen and oxygen atoms in total. The standard InChI is InChI=1S/C10H20N2O3/c1-7(8(13)14)4-5-12-9(15)10(2,3)6-11/h7H,4-6,11H2,1-3H3,(H,12,15)(H,13,14). The second kappa shape index (κ2) is 5.70. The zero-order chi connectivity index (χ0) is 12.1. The van der Waals surface area contributed by atoms with Gasteiger partial charge in [-0.25, -0.2) is 0 Å². The van der Waals surface area contributed by atoms with E-state index in [0.29, 0.717) is 13.0 Å². The first kappa shape index (κ1) is 13.9. The molecule has 0 aromatic rings. The fraction of sp³-hybridized carbons (Fsp3) is 0.800. The van der Waals surface area contributed by atoms with E-state index >= 15 is 0 Å². The molecule has 0 aliphatic carbocycles. The van der Waals surface area contributed by atoms with Crippen LogP contribution in [0.2, 0.25) is 0 Å². The molecule has 0 radical (unpaired) electrons. The van der Waals surface area contributed by atoms with Gasteiger partial charge in [0.1, 0.15) is 0 Å². The van der Waals surface area contributed by atoms with Crippen molar-refractivity contribution >= 4 is 11.9 Å². The first-order valence-electron chi connectivity index (χ1n) is 5.02. The van der Waals surface area contributed by atoms with Crippen molar-refractivity contribution in [1.29, 1.82) is 0 Å². The van der Waals surface area contributed by atoms with E-state index in [9.17, 15) is 9.59 Å². The van der Waals surface area contributed by atoms with Crippen molar-refractivity contribution in [1.82, 2.24) is 5.32 Å². The van der Waals surface area contributed by atoms with Gasteiger partial charge in [-0.2, -0.15) is 0 Å². The highest BCUT2D eigenvalue weighted by Gasteiger charge is 2.25. The molecule has 4 N–H and O–H groups in total. The van der Waals surface area contributed by atoms with Crippen molar-refractivity contribution in [2.24, 2.45) is 17.1 Å². The molecule has 0 bridgehead atoms. The normalized spacial score (nSPS) is 13.3. The molecule has 0 aliphatic rings. The van der Waals surface area contributed by atoms with E-state index in [2.05, 4.69) is 5.32 Å². The lowest BCUT2D eigenvalue weighted by Gasteiger charge is -2.21. The molecule has 1 atom stereocenters. The van der Waals surface area contributed by atoms with E-state index in [4.69, 9.17) is 10.8 Å². The molecule has 0 saturated carbocycles. The Morgan fingerprint density at radius 1 is 1.47 bits per heavy atom. The molecule has 1 unspecified atom stereocenters. The number of carboxylic acids is 1. The number of hydrogen-bond acceptors (Lipinski definition) is 3. The smallest absolute Gasteiger partial charge is 0.306 e. The second-order valence-electron chi connectivity index (χ2n) is 4.37. The van der Waals surface area contributed by atoms with Crippen LogP contribution in [0.5, 0.6) is 0 Å². The molecular formula is C10H20N2O3. The van der Waals surface area contributed by atoms with Gasteiger partial charge >= 0.3 is 5.97 Å². The largest absolute Gasteiger partial charge is 0.481 e. The van der Waals surface area contributed by atoms with E-state index in [-0.39, 0.29) is 12.5 Å². The topological polar surface area (TPSA) is 92.4 Å². The Hall–Kier alpha value is -1.10. The number of hydrogen-bond donors (Lipinski definition) is 3. The highest BCUT2D eigenvalue weighted by molar-refractivity contribution is 5.82. The average molecular weight is 216 g/mol. The molecule has 0 aromatic heterocycles. The first-order valence-corrected chi connectivity index (χ1v) is 5.02. The van der Waals surface area contributed by atoms with Crippen molar-refractivity contribution in [3.8, 4) is 0 Å². The third-order valence-electron chi connectivity index (χ3n) is 2.41. The Morgan fingerprint density at radius 3 is 2.40 bits per heavy atom. The molecule has 0 heterocycles. The van der Waals surface area contributed by atoms with E-state index in [1.165, 1.54) is 0 Å². The maximum absolute atomic E-state index is 11.5. The van der Waals surface area contributed by atoms with Gasteiger partial charge in [0.15, 0.2) is 0 Å². The third-order valence-corrected chi connectivity index (χ3v) is 2.41. The molecule has 0 aromatic carbocycles. The quantitative estimate of drug-likeness (QED) is 0.591. The van der Waals surface area contributed by atoms with Crippen LogP contribution in [0.4, 0.5) is 0 Å². The summed E-state index contributed by atoms with van der Waals surface area (Å²) in [7, 11) is 0. The van der Waals surface area contributed by atoms with Gasteiger partial charge in [-0.1, -0.05) is 6.92 Å². The minimum absolute atomic E-state index is 0.136. The van der Waals surface area contributed by atoms with Gasteiger partial charge in [0.2, 0.25) is 5.91 Å². The molecule has 0 aliphatic heterocycles. The number of aliphatic carboxylic acids is 1. The zero-order valence-corrected chi connectivity index (χ0v) is 9.54. The number of rotatable bonds is 6. The summed E-state index contributed by atoms with van der Waals surface area (Å²) in [5.74, 6) is -1.42. The molecule has 0 saturated heterocycles. The third kappa shape index (κ3) is 4.78. The molecule has 15 heavy (non-hydrogen) atoms. The van der Waals surface area contributed by atoms with Crippen LogP contribution in [0, 0.1) is 11.3 Å². The minimum atomic E-state index is -0.845. The summed E-state index contributed by atoms with van der Waals surface area (Å²) in [5, 5.41) is 11.3. The lowest BCUT2D eigenvalue weighted by Crippen LogP contribution is -2.42. The van der Waals surface area contributed by atoms with Gasteiger partial charge < -0.3 is 16.2 Å². The Balaban J connectivity index is 3.88. The Kier molecular flexibility index (Phi) is 5.28. The average Bonchev–Trinajstić information content (AvgIpc) is 2.17. The van der Waals surface area contributed by atoms with Crippen LogP contribution < -0.4 is 11.1 Å². The van der Waals surface area contributed by atoms with Crippen LogP contribution in [0.25, 0.3) is 0 Å². The number of carbonyl (C=O) groups is 2. The molecule has 0 spiro atoms. The van der Waals surface area contributed by atoms with Crippen LogP contribution in [0.1, 0.15) is 27.2 Å². The molecule has 5 heteroatoms. The number of nitrogens with two attached hydrogens (primary N) is 1. The SMILES string of the molecule is CC(CCNC(=O)C(C)(C)CN)C(=O)O. The highest BCUT2D eigenvalue weighted by Crippen LogP contribution is 2.12. The van der Waals surface area contributed by atoms with Crippen LogP contribution >= 0.6 is 0 Å². The van der Waals surface area contributed by atoms with Crippen LogP contribution in [-0.4, -0.2) is 30.1 Å². The van der Waals surface area contributed by atoms with Crippen LogP contribution in [0.3, 0.4) is 0 Å². The molecular weight excluding hydrogens is 196 g/mol. The Morgan fingerprint density at radius 2 is 2.00 bits per heavy atom. The van der Waals surface area contributed by atoms with E-state index in [1.807, 2.05) is 0 Å². The van der Waals surface area contributed by atoms with Crippen LogP contribution in [-0.2, 0) is 9.59 Å². The number of carbonyl (C=O) groups excluding carboxylic acids is 1. The summed E-state index contributed by atoms with van der Waals surface area (Å²) < 4.78 is 0. The highest BCUT2D eigenvalue weighted by atomic mass is 16.4. The predicted octanol–water partition coefficient (Wildman–Crippen LogP) is 0.198. The fourth-order valence-electron chi connectivity index (χ4n) is 0.858. The predicted molar refractivity (Wildman–Crippen MR) is 57.3 cm³/mol. The summed E-state index contributed by atoms with van der Waals surface area (Å²) >= 11 is 0. The monoisotopic (exact) mass is 216 g/mol. The van der Waals surface area contributed by atoms with Gasteiger partial charge in [0.05, 0.1) is 11.3 Å². The van der Waals surface area contributed by atoms with Gasteiger partial charge in [-0.05, 0) is 20.3 Å². The van der Waals surface area contributed by atoms with Gasteiger partial charge in [-0.15, -0.1) is 0 Å². The number of nitrogens with one attached hydrogen (secondary N) is 1. The first-order chi connectivity index (χ1) is 6.81. The summed E-state index contributed by atoms with van der Waals surface area (Å²) in [6.07, 6.45) is 0.432. The van der Waals surface area contributed by atoms with Crippen LogP contribution in [0.15, 0.2) is 0 Å². The maximum Gasteiger partial charge on any atom is 0.306 e. The second-order valence-corrected chi connectivity index (χ2v) is 4.37. The van der Waals surface area contributed by atoms with E-state index < -0.39 is 17.3 Å². The van der Waals surface area contributed by atoms with Crippen molar-refractivity contribution < 1.29 is 14.7 Å². The summed E-state index contributed by atoms with van der Waals surface area (Å²) in [4.78, 5) is 22.0. The number of amides is 1. The van der Waals surface area contributed by atoms with E-state index in [1.54, 1.807) is 20.8 Å². The maximum atomic E-state index is 11.5. The van der Waals surface area contributed by atoms with Crippen molar-refractivity contribution in [2.75, 3.05) is 13.1 Å². The van der Waals surface area contributed by atoms with Crippen molar-refractivity contribution in [3.05, 3.63) is 0 Å². The van der Waals surface area contributed by atoms with Gasteiger partial charge in [0.25, 0.3) is 0 Å². The summed E-state index contributed by atoms with van der Waals surface area (Å²) in [6, 6.07) is 0. The van der Waals surface area contributed by atoms with Gasteiger partial charge in [-0.3, -0.25) is 9.59 Å². The van der Waals surface area contributed by atoms with Gasteiger partial charge in [0, 0.05) is 13.1 Å². The fourth-order valence-corrected chi connectivity index (χ4v) is 0.858. The Labute approximate surface area is 90.0 Å². The lowest BCUT2D eigenvalue weighted by atomic mass is 9.92.